The molecule has 2 N–H and O–H groups in total. The fourth-order valence-corrected chi connectivity index (χ4v) is 2.65. The van der Waals surface area contributed by atoms with Crippen molar-refractivity contribution in [2.24, 2.45) is 13.0 Å². The van der Waals surface area contributed by atoms with Crippen molar-refractivity contribution in [2.45, 2.75) is 12.5 Å². The fraction of sp³-hybridized carbons (Fsp3) is 0.429. The SMILES string of the molecule is Cn1cc([C@H]2CNC[C@@H]2C(=O)NCc2ccco2)cn1. The number of furan rings is 1. The molecule has 1 fully saturated rings. The van der Waals surface area contributed by atoms with Crippen molar-refractivity contribution < 1.29 is 9.21 Å². The molecule has 2 atom stereocenters. The number of aromatic nitrogens is 2. The number of nitrogens with zero attached hydrogens (tertiary/aromatic N) is 2. The third-order valence-corrected chi connectivity index (χ3v) is 3.72. The van der Waals surface area contributed by atoms with Crippen molar-refractivity contribution in [1.82, 2.24) is 20.4 Å². The molecule has 0 bridgehead atoms. The van der Waals surface area contributed by atoms with E-state index in [0.717, 1.165) is 17.9 Å². The van der Waals surface area contributed by atoms with Crippen LogP contribution >= 0.6 is 0 Å². The van der Waals surface area contributed by atoms with E-state index in [4.69, 9.17) is 4.42 Å². The van der Waals surface area contributed by atoms with Gasteiger partial charge in [0.25, 0.3) is 0 Å². The van der Waals surface area contributed by atoms with Gasteiger partial charge in [-0.25, -0.2) is 0 Å². The molecule has 0 aliphatic carbocycles. The van der Waals surface area contributed by atoms with Gasteiger partial charge < -0.3 is 15.1 Å². The van der Waals surface area contributed by atoms with Gasteiger partial charge >= 0.3 is 0 Å². The zero-order valence-corrected chi connectivity index (χ0v) is 11.4. The first kappa shape index (κ1) is 12.9. The second kappa shape index (κ2) is 5.50. The van der Waals surface area contributed by atoms with Gasteiger partial charge in [-0.2, -0.15) is 5.10 Å². The highest BCUT2D eigenvalue weighted by atomic mass is 16.3. The fourth-order valence-electron chi connectivity index (χ4n) is 2.65. The van der Waals surface area contributed by atoms with Gasteiger partial charge in [-0.1, -0.05) is 0 Å². The number of carbonyl (C=O) groups excluding carboxylic acids is 1. The number of rotatable bonds is 4. The summed E-state index contributed by atoms with van der Waals surface area (Å²) in [6.07, 6.45) is 5.42. The third kappa shape index (κ3) is 2.60. The van der Waals surface area contributed by atoms with E-state index in [1.165, 1.54) is 0 Å². The molecule has 0 radical (unpaired) electrons. The Kier molecular flexibility index (Phi) is 3.56. The van der Waals surface area contributed by atoms with Crippen molar-refractivity contribution in [2.75, 3.05) is 13.1 Å². The number of nitrogens with one attached hydrogen (secondary N) is 2. The van der Waals surface area contributed by atoms with Gasteiger partial charge in [0.05, 0.1) is 24.9 Å². The Morgan fingerprint density at radius 2 is 2.50 bits per heavy atom. The van der Waals surface area contributed by atoms with Crippen LogP contribution in [0, 0.1) is 5.92 Å². The molecule has 106 valence electrons. The molecular formula is C14H18N4O2. The van der Waals surface area contributed by atoms with Crippen molar-refractivity contribution in [3.05, 3.63) is 42.1 Å². The van der Waals surface area contributed by atoms with Gasteiger partial charge in [0.2, 0.25) is 5.91 Å². The average molecular weight is 274 g/mol. The molecular weight excluding hydrogens is 256 g/mol. The Hall–Kier alpha value is -2.08. The maximum Gasteiger partial charge on any atom is 0.225 e. The highest BCUT2D eigenvalue weighted by Gasteiger charge is 2.34. The summed E-state index contributed by atoms with van der Waals surface area (Å²) in [5.41, 5.74) is 1.11. The van der Waals surface area contributed by atoms with E-state index in [9.17, 15) is 4.79 Å². The van der Waals surface area contributed by atoms with E-state index in [2.05, 4.69) is 15.7 Å². The van der Waals surface area contributed by atoms with Crippen LogP contribution in [-0.4, -0.2) is 28.8 Å². The number of hydrogen-bond donors (Lipinski definition) is 2. The lowest BCUT2D eigenvalue weighted by Crippen LogP contribution is -2.33. The number of amides is 1. The van der Waals surface area contributed by atoms with Crippen molar-refractivity contribution in [1.29, 1.82) is 0 Å². The number of hydrogen-bond acceptors (Lipinski definition) is 4. The Labute approximate surface area is 117 Å². The summed E-state index contributed by atoms with van der Waals surface area (Å²) in [5, 5.41) is 10.4. The second-order valence-corrected chi connectivity index (χ2v) is 5.12. The molecule has 1 amide bonds. The molecule has 6 heteroatoms. The lowest BCUT2D eigenvalue weighted by atomic mass is 9.90. The van der Waals surface area contributed by atoms with E-state index in [0.29, 0.717) is 13.1 Å². The minimum Gasteiger partial charge on any atom is -0.467 e. The first-order chi connectivity index (χ1) is 9.74. The van der Waals surface area contributed by atoms with Crippen molar-refractivity contribution >= 4 is 5.91 Å². The lowest BCUT2D eigenvalue weighted by molar-refractivity contribution is -0.125. The predicted octanol–water partition coefficient (Wildman–Crippen LogP) is 0.632. The summed E-state index contributed by atoms with van der Waals surface area (Å²) in [6.45, 7) is 1.94. The van der Waals surface area contributed by atoms with E-state index in [1.807, 2.05) is 31.6 Å². The van der Waals surface area contributed by atoms with Crippen LogP contribution in [0.1, 0.15) is 17.2 Å². The smallest absolute Gasteiger partial charge is 0.225 e. The van der Waals surface area contributed by atoms with Crippen LogP contribution in [0.3, 0.4) is 0 Å². The maximum absolute atomic E-state index is 12.3. The zero-order valence-electron chi connectivity index (χ0n) is 11.4. The summed E-state index contributed by atoms with van der Waals surface area (Å²) >= 11 is 0. The summed E-state index contributed by atoms with van der Waals surface area (Å²) in [7, 11) is 1.89. The molecule has 20 heavy (non-hydrogen) atoms. The van der Waals surface area contributed by atoms with Crippen molar-refractivity contribution in [3.8, 4) is 0 Å². The monoisotopic (exact) mass is 274 g/mol. The molecule has 3 rings (SSSR count). The lowest BCUT2D eigenvalue weighted by Gasteiger charge is -2.16. The third-order valence-electron chi connectivity index (χ3n) is 3.72. The first-order valence-corrected chi connectivity index (χ1v) is 6.73. The van der Waals surface area contributed by atoms with Crippen LogP contribution in [0.2, 0.25) is 0 Å². The average Bonchev–Trinajstić information content (AvgIpc) is 3.16. The van der Waals surface area contributed by atoms with E-state index in [-0.39, 0.29) is 17.7 Å². The van der Waals surface area contributed by atoms with Crippen LogP contribution in [-0.2, 0) is 18.4 Å². The van der Waals surface area contributed by atoms with Crippen LogP contribution < -0.4 is 10.6 Å². The summed E-state index contributed by atoms with van der Waals surface area (Å²) in [4.78, 5) is 12.3. The Balaban J connectivity index is 1.64. The van der Waals surface area contributed by atoms with Gasteiger partial charge in [-0.3, -0.25) is 9.48 Å². The summed E-state index contributed by atoms with van der Waals surface area (Å²) in [5.74, 6) is 0.942. The zero-order chi connectivity index (χ0) is 13.9. The van der Waals surface area contributed by atoms with Gasteiger partial charge in [-0.15, -0.1) is 0 Å². The normalized spacial score (nSPS) is 22.1. The highest BCUT2D eigenvalue weighted by Crippen LogP contribution is 2.27. The molecule has 3 heterocycles. The molecule has 0 unspecified atom stereocenters. The van der Waals surface area contributed by atoms with Crippen LogP contribution in [0.4, 0.5) is 0 Å². The Morgan fingerprint density at radius 1 is 1.60 bits per heavy atom. The highest BCUT2D eigenvalue weighted by molar-refractivity contribution is 5.80. The Bertz CT molecular complexity index is 576. The van der Waals surface area contributed by atoms with Crippen molar-refractivity contribution in [3.63, 3.8) is 0 Å². The molecule has 2 aromatic heterocycles. The topological polar surface area (TPSA) is 72.1 Å². The molecule has 0 saturated carbocycles. The number of carbonyl (C=O) groups is 1. The quantitative estimate of drug-likeness (QED) is 0.858. The summed E-state index contributed by atoms with van der Waals surface area (Å²) in [6, 6.07) is 3.67. The van der Waals surface area contributed by atoms with E-state index >= 15 is 0 Å². The van der Waals surface area contributed by atoms with Gasteiger partial charge in [0, 0.05) is 32.3 Å². The molecule has 6 nitrogen and oxygen atoms in total. The van der Waals surface area contributed by atoms with Crippen LogP contribution in [0.15, 0.2) is 35.2 Å². The van der Waals surface area contributed by atoms with Gasteiger partial charge in [0.1, 0.15) is 5.76 Å². The Morgan fingerprint density at radius 3 is 3.20 bits per heavy atom. The summed E-state index contributed by atoms with van der Waals surface area (Å²) < 4.78 is 6.99. The van der Waals surface area contributed by atoms with E-state index in [1.54, 1.807) is 10.9 Å². The molecule has 1 aliphatic rings. The number of aryl methyl sites for hydroxylation is 1. The van der Waals surface area contributed by atoms with E-state index < -0.39 is 0 Å². The minimum absolute atomic E-state index is 0.0558. The molecule has 1 aliphatic heterocycles. The van der Waals surface area contributed by atoms with Crippen LogP contribution in [0.25, 0.3) is 0 Å². The molecule has 2 aromatic rings. The maximum atomic E-state index is 12.3. The largest absolute Gasteiger partial charge is 0.467 e. The molecule has 0 spiro atoms. The minimum atomic E-state index is -0.0610. The molecule has 1 saturated heterocycles. The van der Waals surface area contributed by atoms with Crippen LogP contribution in [0.5, 0.6) is 0 Å². The van der Waals surface area contributed by atoms with Gasteiger partial charge in [0.15, 0.2) is 0 Å². The first-order valence-electron chi connectivity index (χ1n) is 6.73. The predicted molar refractivity (Wildman–Crippen MR) is 72.9 cm³/mol. The second-order valence-electron chi connectivity index (χ2n) is 5.12. The van der Waals surface area contributed by atoms with Gasteiger partial charge in [-0.05, 0) is 17.7 Å². The standard InChI is InChI=1S/C14H18N4O2/c1-18-9-10(5-17-18)12-7-15-8-13(12)14(19)16-6-11-3-2-4-20-11/h2-5,9,12-13,15H,6-8H2,1H3,(H,16,19)/t12-,13+/m1/s1. The molecule has 0 aromatic carbocycles.